The van der Waals surface area contributed by atoms with Crippen LogP contribution in [-0.2, 0) is 0 Å². The van der Waals surface area contributed by atoms with Crippen molar-refractivity contribution in [2.75, 3.05) is 5.75 Å². The maximum atomic E-state index is 13.0. The minimum Gasteiger partial charge on any atom is -0.490 e. The van der Waals surface area contributed by atoms with E-state index >= 15 is 0 Å². The van der Waals surface area contributed by atoms with Gasteiger partial charge in [0.15, 0.2) is 0 Å². The summed E-state index contributed by atoms with van der Waals surface area (Å²) in [6, 6.07) is 4.72. The number of ether oxygens (including phenoxy) is 1. The van der Waals surface area contributed by atoms with Gasteiger partial charge in [-0.1, -0.05) is 6.92 Å². The van der Waals surface area contributed by atoms with E-state index in [2.05, 4.69) is 6.92 Å². The van der Waals surface area contributed by atoms with Gasteiger partial charge >= 0.3 is 0 Å². The van der Waals surface area contributed by atoms with Crippen LogP contribution in [-0.4, -0.2) is 11.9 Å². The minimum atomic E-state index is -0.244. The fourth-order valence-electron chi connectivity index (χ4n) is 1.16. The van der Waals surface area contributed by atoms with Crippen LogP contribution < -0.4 is 4.74 Å². The highest BCUT2D eigenvalue weighted by molar-refractivity contribution is 7.99. The standard InChI is InChI=1S/C12H17FOS/c1-4-7-15-12-6-5-10(13)8-11(12)14-9(2)3/h5-6,8-9H,4,7H2,1-3H3. The maximum absolute atomic E-state index is 13.0. The van der Waals surface area contributed by atoms with Crippen molar-refractivity contribution in [3.63, 3.8) is 0 Å². The molecule has 0 saturated carbocycles. The summed E-state index contributed by atoms with van der Waals surface area (Å²) in [5.74, 6) is 1.44. The van der Waals surface area contributed by atoms with Crippen molar-refractivity contribution in [3.05, 3.63) is 24.0 Å². The topological polar surface area (TPSA) is 9.23 Å². The molecule has 0 atom stereocenters. The molecule has 1 nitrogen and oxygen atoms in total. The zero-order valence-electron chi connectivity index (χ0n) is 9.42. The Morgan fingerprint density at radius 2 is 2.13 bits per heavy atom. The summed E-state index contributed by atoms with van der Waals surface area (Å²) in [5.41, 5.74) is 0. The van der Waals surface area contributed by atoms with Gasteiger partial charge in [-0.3, -0.25) is 0 Å². The predicted octanol–water partition coefficient (Wildman–Crippen LogP) is 4.12. The van der Waals surface area contributed by atoms with E-state index in [0.29, 0.717) is 5.75 Å². The molecule has 0 aliphatic carbocycles. The lowest BCUT2D eigenvalue weighted by Gasteiger charge is -2.13. The van der Waals surface area contributed by atoms with Gasteiger partial charge in [-0.05, 0) is 38.2 Å². The van der Waals surface area contributed by atoms with Gasteiger partial charge in [0.25, 0.3) is 0 Å². The molecular formula is C12H17FOS. The van der Waals surface area contributed by atoms with Crippen LogP contribution >= 0.6 is 11.8 Å². The van der Waals surface area contributed by atoms with Gasteiger partial charge in [-0.15, -0.1) is 11.8 Å². The number of thioether (sulfide) groups is 1. The van der Waals surface area contributed by atoms with Crippen molar-refractivity contribution in [1.82, 2.24) is 0 Å². The molecule has 0 unspecified atom stereocenters. The van der Waals surface area contributed by atoms with E-state index in [0.717, 1.165) is 17.1 Å². The average molecular weight is 228 g/mol. The van der Waals surface area contributed by atoms with Crippen LogP contribution in [0.5, 0.6) is 5.75 Å². The van der Waals surface area contributed by atoms with Gasteiger partial charge in [0.05, 0.1) is 6.10 Å². The van der Waals surface area contributed by atoms with Crippen molar-refractivity contribution in [2.45, 2.75) is 38.2 Å². The number of hydrogen-bond donors (Lipinski definition) is 0. The molecule has 0 fully saturated rings. The minimum absolute atomic E-state index is 0.0766. The average Bonchev–Trinajstić information content (AvgIpc) is 2.16. The number of benzene rings is 1. The van der Waals surface area contributed by atoms with Gasteiger partial charge in [0, 0.05) is 11.0 Å². The van der Waals surface area contributed by atoms with Crippen LogP contribution in [0.25, 0.3) is 0 Å². The number of rotatable bonds is 5. The van der Waals surface area contributed by atoms with Crippen LogP contribution in [0.15, 0.2) is 23.1 Å². The lowest BCUT2D eigenvalue weighted by atomic mass is 10.3. The molecule has 0 aliphatic heterocycles. The molecule has 84 valence electrons. The summed E-state index contributed by atoms with van der Waals surface area (Å²) in [7, 11) is 0. The zero-order valence-corrected chi connectivity index (χ0v) is 10.2. The first-order chi connectivity index (χ1) is 7.13. The van der Waals surface area contributed by atoms with Crippen LogP contribution in [0.3, 0.4) is 0 Å². The van der Waals surface area contributed by atoms with Gasteiger partial charge in [0.2, 0.25) is 0 Å². The lowest BCUT2D eigenvalue weighted by Crippen LogP contribution is -2.06. The Labute approximate surface area is 95.0 Å². The quantitative estimate of drug-likeness (QED) is 0.701. The van der Waals surface area contributed by atoms with E-state index in [1.165, 1.54) is 12.1 Å². The van der Waals surface area contributed by atoms with E-state index in [1.807, 2.05) is 13.8 Å². The van der Waals surface area contributed by atoms with Crippen LogP contribution in [0.4, 0.5) is 4.39 Å². The van der Waals surface area contributed by atoms with E-state index in [1.54, 1.807) is 17.8 Å². The second-order valence-electron chi connectivity index (χ2n) is 3.61. The summed E-state index contributed by atoms with van der Waals surface area (Å²) < 4.78 is 18.6. The molecule has 0 aromatic heterocycles. The zero-order chi connectivity index (χ0) is 11.3. The van der Waals surface area contributed by atoms with Gasteiger partial charge in [0.1, 0.15) is 11.6 Å². The maximum Gasteiger partial charge on any atom is 0.136 e. The smallest absolute Gasteiger partial charge is 0.136 e. The molecule has 15 heavy (non-hydrogen) atoms. The molecule has 0 heterocycles. The fourth-order valence-corrected chi connectivity index (χ4v) is 2.00. The number of hydrogen-bond acceptors (Lipinski definition) is 2. The second-order valence-corrected chi connectivity index (χ2v) is 4.74. The highest BCUT2D eigenvalue weighted by Gasteiger charge is 2.07. The van der Waals surface area contributed by atoms with E-state index in [9.17, 15) is 4.39 Å². The molecule has 0 amide bonds. The van der Waals surface area contributed by atoms with Crippen molar-refractivity contribution in [2.24, 2.45) is 0 Å². The molecule has 1 aromatic carbocycles. The predicted molar refractivity (Wildman–Crippen MR) is 63.2 cm³/mol. The van der Waals surface area contributed by atoms with Crippen molar-refractivity contribution >= 4 is 11.8 Å². The summed E-state index contributed by atoms with van der Waals surface area (Å²) in [5, 5.41) is 0. The summed E-state index contributed by atoms with van der Waals surface area (Å²) in [6.45, 7) is 6.01. The normalized spacial score (nSPS) is 10.7. The first kappa shape index (κ1) is 12.4. The molecule has 0 aliphatic rings. The Bertz CT molecular complexity index is 312. The Balaban J connectivity index is 2.82. The molecule has 0 spiro atoms. The van der Waals surface area contributed by atoms with Crippen LogP contribution in [0.2, 0.25) is 0 Å². The molecule has 0 radical (unpaired) electrons. The molecule has 1 aromatic rings. The third-order valence-electron chi connectivity index (χ3n) is 1.73. The summed E-state index contributed by atoms with van der Waals surface area (Å²) in [4.78, 5) is 1.02. The fraction of sp³-hybridized carbons (Fsp3) is 0.500. The van der Waals surface area contributed by atoms with Crippen molar-refractivity contribution in [1.29, 1.82) is 0 Å². The van der Waals surface area contributed by atoms with Crippen molar-refractivity contribution < 1.29 is 9.13 Å². The molecule has 0 saturated heterocycles. The first-order valence-corrected chi connectivity index (χ1v) is 6.21. The molecule has 0 bridgehead atoms. The Hall–Kier alpha value is -0.700. The molecule has 3 heteroatoms. The summed E-state index contributed by atoms with van der Waals surface area (Å²) in [6.07, 6.45) is 1.18. The van der Waals surface area contributed by atoms with Crippen LogP contribution in [0.1, 0.15) is 27.2 Å². The third kappa shape index (κ3) is 4.12. The molecule has 0 N–H and O–H groups in total. The van der Waals surface area contributed by atoms with E-state index in [-0.39, 0.29) is 11.9 Å². The van der Waals surface area contributed by atoms with Gasteiger partial charge in [-0.2, -0.15) is 0 Å². The van der Waals surface area contributed by atoms with Crippen LogP contribution in [0, 0.1) is 5.82 Å². The van der Waals surface area contributed by atoms with E-state index in [4.69, 9.17) is 4.74 Å². The Morgan fingerprint density at radius 1 is 1.40 bits per heavy atom. The molecular weight excluding hydrogens is 211 g/mol. The first-order valence-electron chi connectivity index (χ1n) is 5.22. The monoisotopic (exact) mass is 228 g/mol. The van der Waals surface area contributed by atoms with E-state index < -0.39 is 0 Å². The van der Waals surface area contributed by atoms with Gasteiger partial charge < -0.3 is 4.74 Å². The Morgan fingerprint density at radius 3 is 2.73 bits per heavy atom. The second kappa shape index (κ2) is 6.01. The van der Waals surface area contributed by atoms with Crippen molar-refractivity contribution in [3.8, 4) is 5.75 Å². The SMILES string of the molecule is CCCSc1ccc(F)cc1OC(C)C. The molecule has 1 rings (SSSR count). The Kier molecular flexibility index (Phi) is 4.95. The lowest BCUT2D eigenvalue weighted by molar-refractivity contribution is 0.235. The largest absolute Gasteiger partial charge is 0.490 e. The third-order valence-corrected chi connectivity index (χ3v) is 2.99. The van der Waals surface area contributed by atoms with Gasteiger partial charge in [-0.25, -0.2) is 4.39 Å². The summed E-state index contributed by atoms with van der Waals surface area (Å²) >= 11 is 1.71. The highest BCUT2D eigenvalue weighted by atomic mass is 32.2. The number of halogens is 1. The highest BCUT2D eigenvalue weighted by Crippen LogP contribution is 2.31.